The molecule has 1 aliphatic rings. The Bertz CT molecular complexity index is 450. The number of piperidine rings is 1. The van der Waals surface area contributed by atoms with Gasteiger partial charge in [0.2, 0.25) is 0 Å². The van der Waals surface area contributed by atoms with Gasteiger partial charge in [-0.2, -0.15) is 5.10 Å². The lowest BCUT2D eigenvalue weighted by Gasteiger charge is -2.29. The van der Waals surface area contributed by atoms with E-state index in [0.717, 1.165) is 58.4 Å². The highest BCUT2D eigenvalue weighted by Crippen LogP contribution is 2.15. The molecule has 1 aromatic rings. The molecular formula is C17H32N4O. The van der Waals surface area contributed by atoms with Crippen LogP contribution in [-0.4, -0.2) is 52.1 Å². The van der Waals surface area contributed by atoms with Crippen LogP contribution in [0.25, 0.3) is 0 Å². The first-order valence-corrected chi connectivity index (χ1v) is 8.80. The van der Waals surface area contributed by atoms with Gasteiger partial charge in [0.05, 0.1) is 11.8 Å². The van der Waals surface area contributed by atoms with E-state index < -0.39 is 0 Å². The number of aryl methyl sites for hydroxylation is 2. The van der Waals surface area contributed by atoms with E-state index in [1.165, 1.54) is 23.4 Å². The molecule has 1 aromatic heterocycles. The number of aliphatic hydroxyl groups is 1. The predicted octanol–water partition coefficient (Wildman–Crippen LogP) is 1.48. The second-order valence-corrected chi connectivity index (χ2v) is 6.31. The zero-order chi connectivity index (χ0) is 15.9. The predicted molar refractivity (Wildman–Crippen MR) is 90.0 cm³/mol. The number of hydrogen-bond acceptors (Lipinski definition) is 4. The third kappa shape index (κ3) is 4.54. The molecule has 126 valence electrons. The molecule has 0 radical (unpaired) electrons. The normalized spacial score (nSPS) is 17.3. The van der Waals surface area contributed by atoms with E-state index in [4.69, 9.17) is 0 Å². The van der Waals surface area contributed by atoms with Gasteiger partial charge in [0.25, 0.3) is 0 Å². The number of hydrogen-bond donors (Lipinski definition) is 2. The van der Waals surface area contributed by atoms with Gasteiger partial charge in [0, 0.05) is 37.9 Å². The van der Waals surface area contributed by atoms with Crippen molar-refractivity contribution in [3.63, 3.8) is 0 Å². The van der Waals surface area contributed by atoms with Gasteiger partial charge >= 0.3 is 0 Å². The molecule has 0 bridgehead atoms. The standard InChI is InChI=1S/C17H32N4O/c1-4-16-15(17(5-2)20(3)19-16)13-18-9-6-10-21-11-7-14(22)8-12-21/h14,18,22H,4-13H2,1-3H3. The molecule has 1 saturated heterocycles. The van der Waals surface area contributed by atoms with E-state index in [9.17, 15) is 5.11 Å². The summed E-state index contributed by atoms with van der Waals surface area (Å²) in [5.74, 6) is 0. The number of aromatic nitrogens is 2. The van der Waals surface area contributed by atoms with Crippen LogP contribution in [0.1, 0.15) is 50.1 Å². The van der Waals surface area contributed by atoms with Crippen molar-refractivity contribution >= 4 is 0 Å². The average molecular weight is 308 g/mol. The largest absolute Gasteiger partial charge is 0.393 e. The summed E-state index contributed by atoms with van der Waals surface area (Å²) in [4.78, 5) is 2.47. The number of aliphatic hydroxyl groups excluding tert-OH is 1. The third-order valence-electron chi connectivity index (χ3n) is 4.71. The van der Waals surface area contributed by atoms with Crippen LogP contribution in [-0.2, 0) is 26.4 Å². The molecule has 2 rings (SSSR count). The van der Waals surface area contributed by atoms with Crippen LogP contribution >= 0.6 is 0 Å². The van der Waals surface area contributed by atoms with E-state index >= 15 is 0 Å². The van der Waals surface area contributed by atoms with Crippen LogP contribution < -0.4 is 5.32 Å². The Morgan fingerprint density at radius 1 is 1.23 bits per heavy atom. The van der Waals surface area contributed by atoms with Gasteiger partial charge < -0.3 is 15.3 Å². The highest BCUT2D eigenvalue weighted by molar-refractivity contribution is 5.26. The first-order chi connectivity index (χ1) is 10.7. The fourth-order valence-electron chi connectivity index (χ4n) is 3.38. The number of rotatable bonds is 8. The Balaban J connectivity index is 1.70. The second-order valence-electron chi connectivity index (χ2n) is 6.31. The van der Waals surface area contributed by atoms with E-state index in [1.807, 2.05) is 11.7 Å². The Morgan fingerprint density at radius 2 is 1.95 bits per heavy atom. The lowest BCUT2D eigenvalue weighted by atomic mass is 10.1. The smallest absolute Gasteiger partial charge is 0.0669 e. The van der Waals surface area contributed by atoms with Gasteiger partial charge in [-0.25, -0.2) is 0 Å². The molecule has 0 aromatic carbocycles. The number of nitrogens with zero attached hydrogens (tertiary/aromatic N) is 3. The quantitative estimate of drug-likeness (QED) is 0.714. The second kappa shape index (κ2) is 8.65. The summed E-state index contributed by atoms with van der Waals surface area (Å²) in [6.07, 6.45) is 5.00. The Labute approximate surface area is 134 Å². The maximum atomic E-state index is 9.52. The van der Waals surface area contributed by atoms with Crippen molar-refractivity contribution in [2.45, 2.75) is 58.6 Å². The van der Waals surface area contributed by atoms with E-state index in [2.05, 4.69) is 29.2 Å². The van der Waals surface area contributed by atoms with Crippen LogP contribution in [0.15, 0.2) is 0 Å². The monoisotopic (exact) mass is 308 g/mol. The molecule has 2 heterocycles. The maximum absolute atomic E-state index is 9.52. The maximum Gasteiger partial charge on any atom is 0.0669 e. The lowest BCUT2D eigenvalue weighted by molar-refractivity contribution is 0.0821. The molecule has 5 heteroatoms. The summed E-state index contributed by atoms with van der Waals surface area (Å²) in [6, 6.07) is 0. The van der Waals surface area contributed by atoms with Gasteiger partial charge in [-0.15, -0.1) is 0 Å². The highest BCUT2D eigenvalue weighted by Gasteiger charge is 2.16. The summed E-state index contributed by atoms with van der Waals surface area (Å²) in [5.41, 5.74) is 3.99. The first-order valence-electron chi connectivity index (χ1n) is 8.80. The molecule has 0 saturated carbocycles. The minimum Gasteiger partial charge on any atom is -0.393 e. The summed E-state index contributed by atoms with van der Waals surface area (Å²) >= 11 is 0. The van der Waals surface area contributed by atoms with Crippen molar-refractivity contribution in [3.05, 3.63) is 17.0 Å². The fourth-order valence-corrected chi connectivity index (χ4v) is 3.38. The molecule has 1 fully saturated rings. The SMILES string of the molecule is CCc1nn(C)c(CC)c1CNCCCN1CCC(O)CC1. The summed E-state index contributed by atoms with van der Waals surface area (Å²) < 4.78 is 2.04. The van der Waals surface area contributed by atoms with Crippen LogP contribution in [0.3, 0.4) is 0 Å². The third-order valence-corrected chi connectivity index (χ3v) is 4.71. The summed E-state index contributed by atoms with van der Waals surface area (Å²) in [7, 11) is 2.05. The Hall–Kier alpha value is -0.910. The van der Waals surface area contributed by atoms with Gasteiger partial charge in [-0.1, -0.05) is 13.8 Å². The molecular weight excluding hydrogens is 276 g/mol. The van der Waals surface area contributed by atoms with Crippen LogP contribution in [0.5, 0.6) is 0 Å². The van der Waals surface area contributed by atoms with Crippen molar-refractivity contribution < 1.29 is 5.11 Å². The minimum absolute atomic E-state index is 0.0696. The molecule has 0 unspecified atom stereocenters. The molecule has 0 atom stereocenters. The number of likely N-dealkylation sites (tertiary alicyclic amines) is 1. The van der Waals surface area contributed by atoms with Crippen molar-refractivity contribution in [2.75, 3.05) is 26.2 Å². The molecule has 5 nitrogen and oxygen atoms in total. The van der Waals surface area contributed by atoms with E-state index in [1.54, 1.807) is 0 Å². The minimum atomic E-state index is -0.0696. The molecule has 0 aliphatic carbocycles. The van der Waals surface area contributed by atoms with E-state index in [0.29, 0.717) is 0 Å². The van der Waals surface area contributed by atoms with Crippen LogP contribution in [0, 0.1) is 0 Å². The van der Waals surface area contributed by atoms with Gasteiger partial charge in [0.15, 0.2) is 0 Å². The summed E-state index contributed by atoms with van der Waals surface area (Å²) in [6.45, 7) is 9.57. The first kappa shape index (κ1) is 17.4. The van der Waals surface area contributed by atoms with Crippen molar-refractivity contribution in [2.24, 2.45) is 7.05 Å². The van der Waals surface area contributed by atoms with Crippen molar-refractivity contribution in [3.8, 4) is 0 Å². The zero-order valence-electron chi connectivity index (χ0n) is 14.4. The molecule has 0 amide bonds. The van der Waals surface area contributed by atoms with Gasteiger partial charge in [-0.05, 0) is 45.2 Å². The fraction of sp³-hybridized carbons (Fsp3) is 0.824. The average Bonchev–Trinajstić information content (AvgIpc) is 2.84. The zero-order valence-corrected chi connectivity index (χ0v) is 14.4. The van der Waals surface area contributed by atoms with Crippen LogP contribution in [0.4, 0.5) is 0 Å². The van der Waals surface area contributed by atoms with Crippen molar-refractivity contribution in [1.29, 1.82) is 0 Å². The summed E-state index contributed by atoms with van der Waals surface area (Å²) in [5, 5.41) is 17.7. The van der Waals surface area contributed by atoms with E-state index in [-0.39, 0.29) is 6.10 Å². The van der Waals surface area contributed by atoms with Gasteiger partial charge in [0.1, 0.15) is 0 Å². The Kier molecular flexibility index (Phi) is 6.86. The topological polar surface area (TPSA) is 53.3 Å². The molecule has 2 N–H and O–H groups in total. The van der Waals surface area contributed by atoms with Crippen molar-refractivity contribution in [1.82, 2.24) is 20.0 Å². The lowest BCUT2D eigenvalue weighted by Crippen LogP contribution is -2.37. The Morgan fingerprint density at radius 3 is 2.59 bits per heavy atom. The molecule has 22 heavy (non-hydrogen) atoms. The van der Waals surface area contributed by atoms with Crippen LogP contribution in [0.2, 0.25) is 0 Å². The van der Waals surface area contributed by atoms with Gasteiger partial charge in [-0.3, -0.25) is 4.68 Å². The molecule has 1 aliphatic heterocycles. The molecule has 0 spiro atoms. The number of nitrogens with one attached hydrogen (secondary N) is 1. The highest BCUT2D eigenvalue weighted by atomic mass is 16.3.